The van der Waals surface area contributed by atoms with E-state index < -0.39 is 15.6 Å². The number of methoxy groups -OCH3 is 1. The summed E-state index contributed by atoms with van der Waals surface area (Å²) in [6.07, 6.45) is 1.10. The van der Waals surface area contributed by atoms with Crippen molar-refractivity contribution in [1.82, 2.24) is 9.72 Å². The first kappa shape index (κ1) is 18.2. The van der Waals surface area contributed by atoms with Gasteiger partial charge >= 0.3 is 5.76 Å². The van der Waals surface area contributed by atoms with Crippen molar-refractivity contribution in [1.29, 1.82) is 0 Å². The summed E-state index contributed by atoms with van der Waals surface area (Å²) >= 11 is 6.18. The summed E-state index contributed by atoms with van der Waals surface area (Å²) in [5, 5.41) is 4.24. The molecule has 0 amide bonds. The first-order valence-electron chi connectivity index (χ1n) is 7.49. The van der Waals surface area contributed by atoms with E-state index >= 15 is 0 Å². The lowest BCUT2D eigenvalue weighted by Gasteiger charge is -2.10. The van der Waals surface area contributed by atoms with Crippen molar-refractivity contribution in [3.8, 4) is 17.1 Å². The third kappa shape index (κ3) is 3.51. The van der Waals surface area contributed by atoms with Gasteiger partial charge in [-0.3, -0.25) is 9.09 Å². The maximum Gasteiger partial charge on any atom is 0.442 e. The first-order chi connectivity index (χ1) is 12.3. The number of hydrogen-bond acceptors (Lipinski definition) is 6. The zero-order valence-electron chi connectivity index (χ0n) is 14.0. The average Bonchev–Trinajstić information content (AvgIpc) is 2.95. The van der Waals surface area contributed by atoms with Crippen molar-refractivity contribution < 1.29 is 17.7 Å². The number of benzene rings is 2. The molecule has 1 heterocycles. The first-order valence-corrected chi connectivity index (χ1v) is 9.76. The Morgan fingerprint density at radius 3 is 2.62 bits per heavy atom. The number of aromatic nitrogens is 2. The van der Waals surface area contributed by atoms with E-state index in [2.05, 4.69) is 5.16 Å². The summed E-state index contributed by atoms with van der Waals surface area (Å²) in [5.41, 5.74) is 1.20. The Hall–Kier alpha value is -2.58. The molecule has 3 aromatic rings. The average molecular weight is 395 g/mol. The maximum absolute atomic E-state index is 12.1. The normalized spacial score (nSPS) is 11.5. The molecule has 0 atom stereocenters. The van der Waals surface area contributed by atoms with E-state index in [0.717, 1.165) is 6.26 Å². The SMILES string of the molecule is COc1cc(Cn2c(-c3ccccc3Cl)noc2=O)ccc1S(C)(=O)=O. The van der Waals surface area contributed by atoms with Gasteiger partial charge in [0.05, 0.1) is 18.7 Å². The predicted octanol–water partition coefficient (Wildman–Crippen LogP) is 2.62. The van der Waals surface area contributed by atoms with Gasteiger partial charge < -0.3 is 4.74 Å². The molecule has 0 aliphatic carbocycles. The van der Waals surface area contributed by atoms with Gasteiger partial charge in [-0.15, -0.1) is 0 Å². The van der Waals surface area contributed by atoms with Gasteiger partial charge in [-0.1, -0.05) is 35.0 Å². The summed E-state index contributed by atoms with van der Waals surface area (Å²) in [6, 6.07) is 11.6. The van der Waals surface area contributed by atoms with Gasteiger partial charge in [0.2, 0.25) is 0 Å². The van der Waals surface area contributed by atoms with Crippen molar-refractivity contribution in [3.05, 3.63) is 63.6 Å². The quantitative estimate of drug-likeness (QED) is 0.660. The lowest BCUT2D eigenvalue weighted by Crippen LogP contribution is -2.16. The molecule has 0 saturated carbocycles. The molecule has 1 aromatic heterocycles. The standard InChI is InChI=1S/C17H15ClN2O5S/c1-24-14-9-11(7-8-15(14)26(2,22)23)10-20-16(19-25-17(20)21)12-5-3-4-6-13(12)18/h3-9H,10H2,1-2H3. The highest BCUT2D eigenvalue weighted by Crippen LogP contribution is 2.28. The Morgan fingerprint density at radius 1 is 1.23 bits per heavy atom. The summed E-state index contributed by atoms with van der Waals surface area (Å²) in [4.78, 5) is 12.1. The monoisotopic (exact) mass is 394 g/mol. The molecule has 0 bridgehead atoms. The molecule has 26 heavy (non-hydrogen) atoms. The second-order valence-corrected chi connectivity index (χ2v) is 7.99. The van der Waals surface area contributed by atoms with Crippen molar-refractivity contribution in [2.45, 2.75) is 11.4 Å². The molecule has 3 rings (SSSR count). The van der Waals surface area contributed by atoms with Crippen molar-refractivity contribution in [3.63, 3.8) is 0 Å². The van der Waals surface area contributed by atoms with E-state index in [4.69, 9.17) is 20.9 Å². The van der Waals surface area contributed by atoms with Crippen LogP contribution in [0.2, 0.25) is 5.02 Å². The second-order valence-electron chi connectivity index (χ2n) is 5.60. The number of halogens is 1. The third-order valence-electron chi connectivity index (χ3n) is 3.77. The Bertz CT molecular complexity index is 1120. The Balaban J connectivity index is 2.05. The van der Waals surface area contributed by atoms with Crippen molar-refractivity contribution >= 4 is 21.4 Å². The van der Waals surface area contributed by atoms with Gasteiger partial charge in [-0.2, -0.15) is 0 Å². The van der Waals surface area contributed by atoms with E-state index in [9.17, 15) is 13.2 Å². The molecule has 0 N–H and O–H groups in total. The molecule has 0 fully saturated rings. The van der Waals surface area contributed by atoms with E-state index in [1.54, 1.807) is 36.4 Å². The van der Waals surface area contributed by atoms with E-state index in [1.807, 2.05) is 0 Å². The number of sulfone groups is 1. The smallest absolute Gasteiger partial charge is 0.442 e. The molecule has 0 unspecified atom stereocenters. The van der Waals surface area contributed by atoms with Crippen LogP contribution in [0.15, 0.2) is 56.7 Å². The minimum Gasteiger partial charge on any atom is -0.495 e. The third-order valence-corrected chi connectivity index (χ3v) is 5.24. The van der Waals surface area contributed by atoms with Crippen LogP contribution < -0.4 is 10.5 Å². The molecule has 0 spiro atoms. The fourth-order valence-electron chi connectivity index (χ4n) is 2.54. The van der Waals surface area contributed by atoms with Gasteiger partial charge in [-0.25, -0.2) is 13.2 Å². The van der Waals surface area contributed by atoms with Crippen molar-refractivity contribution in [2.24, 2.45) is 0 Å². The molecular formula is C17H15ClN2O5S. The predicted molar refractivity (Wildman–Crippen MR) is 96.4 cm³/mol. The molecule has 2 aromatic carbocycles. The molecule has 9 heteroatoms. The molecule has 0 saturated heterocycles. The molecule has 7 nitrogen and oxygen atoms in total. The Kier molecular flexibility index (Phi) is 4.88. The number of nitrogens with zero attached hydrogens (tertiary/aromatic N) is 2. The van der Waals surface area contributed by atoms with Crippen LogP contribution in [-0.4, -0.2) is 31.5 Å². The van der Waals surface area contributed by atoms with Crippen LogP contribution in [-0.2, 0) is 16.4 Å². The Morgan fingerprint density at radius 2 is 1.96 bits per heavy atom. The molecule has 0 aliphatic rings. The van der Waals surface area contributed by atoms with E-state index in [0.29, 0.717) is 16.1 Å². The zero-order valence-corrected chi connectivity index (χ0v) is 15.5. The van der Waals surface area contributed by atoms with Gasteiger partial charge in [0.25, 0.3) is 0 Å². The highest BCUT2D eigenvalue weighted by Gasteiger charge is 2.18. The van der Waals surface area contributed by atoms with E-state index in [1.165, 1.54) is 17.7 Å². The molecule has 136 valence electrons. The number of hydrogen-bond donors (Lipinski definition) is 0. The summed E-state index contributed by atoms with van der Waals surface area (Å²) < 4.78 is 34.9. The fourth-order valence-corrected chi connectivity index (χ4v) is 3.59. The number of rotatable bonds is 5. The van der Waals surface area contributed by atoms with Crippen LogP contribution in [0, 0.1) is 0 Å². The largest absolute Gasteiger partial charge is 0.495 e. The summed E-state index contributed by atoms with van der Waals surface area (Å²) in [5.74, 6) is -0.161. The van der Waals surface area contributed by atoms with Crippen molar-refractivity contribution in [2.75, 3.05) is 13.4 Å². The van der Waals surface area contributed by atoms with Crippen LogP contribution in [0.3, 0.4) is 0 Å². The van der Waals surface area contributed by atoms with Crippen LogP contribution in [0.1, 0.15) is 5.56 Å². The fraction of sp³-hybridized carbons (Fsp3) is 0.176. The highest BCUT2D eigenvalue weighted by molar-refractivity contribution is 7.90. The second kappa shape index (κ2) is 6.97. The van der Waals surface area contributed by atoms with Crippen LogP contribution in [0.4, 0.5) is 0 Å². The van der Waals surface area contributed by atoms with Gasteiger partial charge in [0.15, 0.2) is 15.7 Å². The lowest BCUT2D eigenvalue weighted by molar-refractivity contribution is 0.378. The van der Waals surface area contributed by atoms with Gasteiger partial charge in [-0.05, 0) is 29.8 Å². The maximum atomic E-state index is 12.1. The minimum atomic E-state index is -3.43. The van der Waals surface area contributed by atoms with Gasteiger partial charge in [0.1, 0.15) is 10.6 Å². The summed E-state index contributed by atoms with van der Waals surface area (Å²) in [6.45, 7) is 0.114. The van der Waals surface area contributed by atoms with Crippen LogP contribution in [0.5, 0.6) is 5.75 Å². The zero-order chi connectivity index (χ0) is 18.9. The highest BCUT2D eigenvalue weighted by atomic mass is 35.5. The Labute approximate surface area is 154 Å². The molecule has 0 radical (unpaired) electrons. The van der Waals surface area contributed by atoms with Crippen LogP contribution in [0.25, 0.3) is 11.4 Å². The van der Waals surface area contributed by atoms with E-state index in [-0.39, 0.29) is 23.0 Å². The van der Waals surface area contributed by atoms with Crippen LogP contribution >= 0.6 is 11.6 Å². The molecular weight excluding hydrogens is 380 g/mol. The number of ether oxygens (including phenoxy) is 1. The topological polar surface area (TPSA) is 91.4 Å². The molecule has 0 aliphatic heterocycles. The lowest BCUT2D eigenvalue weighted by atomic mass is 10.2. The summed E-state index contributed by atoms with van der Waals surface area (Å²) in [7, 11) is -2.05. The minimum absolute atomic E-state index is 0.0766. The van der Waals surface area contributed by atoms with Gasteiger partial charge in [0, 0.05) is 11.8 Å².